The molecule has 1 aliphatic rings. The maximum Gasteiger partial charge on any atom is 0.296 e. The minimum atomic E-state index is -1.35. The number of hydrogen-bond acceptors (Lipinski definition) is 5. The van der Waals surface area contributed by atoms with Crippen molar-refractivity contribution in [3.63, 3.8) is 0 Å². The third kappa shape index (κ3) is 3.18. The summed E-state index contributed by atoms with van der Waals surface area (Å²) in [5.74, 6) is -3.10. The molecule has 2 rings (SSSR count). The Morgan fingerprint density at radius 2 is 2.05 bits per heavy atom. The van der Waals surface area contributed by atoms with Gasteiger partial charge in [0, 0.05) is 31.2 Å². The molecular formula is C12H10F2N2O4S. The van der Waals surface area contributed by atoms with Gasteiger partial charge in [-0.05, 0) is 0 Å². The van der Waals surface area contributed by atoms with Crippen LogP contribution in [0.5, 0.6) is 0 Å². The molecule has 0 bridgehead atoms. The molecule has 1 saturated heterocycles. The zero-order chi connectivity index (χ0) is 15.7. The van der Waals surface area contributed by atoms with E-state index < -0.39 is 28.2 Å². The Labute approximate surface area is 122 Å². The van der Waals surface area contributed by atoms with Gasteiger partial charge in [-0.3, -0.25) is 19.7 Å². The first-order valence-electron chi connectivity index (χ1n) is 5.90. The van der Waals surface area contributed by atoms with Gasteiger partial charge in [-0.1, -0.05) is 11.8 Å². The smallest absolute Gasteiger partial charge is 0.296 e. The van der Waals surface area contributed by atoms with Crippen molar-refractivity contribution in [2.24, 2.45) is 0 Å². The lowest BCUT2D eigenvalue weighted by Gasteiger charge is -2.16. The minimum absolute atomic E-state index is 0.0143. The van der Waals surface area contributed by atoms with E-state index in [1.54, 1.807) is 0 Å². The Bertz CT molecular complexity index is 638. The van der Waals surface area contributed by atoms with E-state index in [0.29, 0.717) is 12.1 Å². The molecule has 1 aromatic carbocycles. The normalized spacial score (nSPS) is 18.1. The molecule has 1 heterocycles. The second-order valence-electron chi connectivity index (χ2n) is 4.45. The highest BCUT2D eigenvalue weighted by molar-refractivity contribution is 8.14. The summed E-state index contributed by atoms with van der Waals surface area (Å²) in [5, 5.41) is 10.4. The number of thioether (sulfide) groups is 1. The SMILES string of the molecule is CC(=O)SC1CC(=O)N(c2cc(F)c(F)cc2[N+](=O)[O-])C1. The topological polar surface area (TPSA) is 80.5 Å². The van der Waals surface area contributed by atoms with Crippen LogP contribution in [0.15, 0.2) is 12.1 Å². The van der Waals surface area contributed by atoms with E-state index in [2.05, 4.69) is 0 Å². The highest BCUT2D eigenvalue weighted by atomic mass is 32.2. The molecule has 0 radical (unpaired) electrons. The van der Waals surface area contributed by atoms with Crippen LogP contribution >= 0.6 is 11.8 Å². The quantitative estimate of drug-likeness (QED) is 0.631. The van der Waals surface area contributed by atoms with Gasteiger partial charge >= 0.3 is 0 Å². The van der Waals surface area contributed by atoms with E-state index in [-0.39, 0.29) is 29.0 Å². The molecule has 9 heteroatoms. The lowest BCUT2D eigenvalue weighted by molar-refractivity contribution is -0.384. The molecule has 1 aliphatic heterocycles. The van der Waals surface area contributed by atoms with Crippen LogP contribution in [0.25, 0.3) is 0 Å². The maximum atomic E-state index is 13.3. The zero-order valence-electron chi connectivity index (χ0n) is 10.8. The molecular weight excluding hydrogens is 306 g/mol. The lowest BCUT2D eigenvalue weighted by atomic mass is 10.2. The van der Waals surface area contributed by atoms with Crippen LogP contribution in [-0.2, 0) is 9.59 Å². The first kappa shape index (κ1) is 15.4. The van der Waals surface area contributed by atoms with Gasteiger partial charge in [0.05, 0.1) is 11.0 Å². The van der Waals surface area contributed by atoms with Gasteiger partial charge in [0.2, 0.25) is 5.91 Å². The van der Waals surface area contributed by atoms with Crippen LogP contribution in [0.2, 0.25) is 0 Å². The van der Waals surface area contributed by atoms with Crippen molar-refractivity contribution in [2.45, 2.75) is 18.6 Å². The highest BCUT2D eigenvalue weighted by Crippen LogP contribution is 2.35. The number of benzene rings is 1. The predicted molar refractivity (Wildman–Crippen MR) is 72.0 cm³/mol. The molecule has 112 valence electrons. The number of halogens is 2. The Hall–Kier alpha value is -2.03. The summed E-state index contributed by atoms with van der Waals surface area (Å²) in [7, 11) is 0. The van der Waals surface area contributed by atoms with E-state index in [1.807, 2.05) is 0 Å². The molecule has 0 aliphatic carbocycles. The lowest BCUT2D eigenvalue weighted by Crippen LogP contribution is -2.26. The molecule has 1 aromatic rings. The number of amides is 1. The van der Waals surface area contributed by atoms with Gasteiger partial charge < -0.3 is 4.90 Å². The first-order chi connectivity index (χ1) is 9.79. The second kappa shape index (κ2) is 5.76. The van der Waals surface area contributed by atoms with Crippen LogP contribution < -0.4 is 4.90 Å². The number of nitro benzene ring substituents is 1. The Morgan fingerprint density at radius 1 is 1.43 bits per heavy atom. The van der Waals surface area contributed by atoms with Crippen molar-refractivity contribution >= 4 is 34.2 Å². The van der Waals surface area contributed by atoms with Gasteiger partial charge in [-0.2, -0.15) is 0 Å². The predicted octanol–water partition coefficient (Wildman–Crippen LogP) is 2.26. The monoisotopic (exact) mass is 316 g/mol. The van der Waals surface area contributed by atoms with Crippen molar-refractivity contribution in [2.75, 3.05) is 11.4 Å². The summed E-state index contributed by atoms with van der Waals surface area (Å²) in [6.07, 6.45) is 0.0143. The summed E-state index contributed by atoms with van der Waals surface area (Å²) >= 11 is 0.947. The van der Waals surface area contributed by atoms with Crippen molar-refractivity contribution in [1.29, 1.82) is 0 Å². The van der Waals surface area contributed by atoms with Crippen molar-refractivity contribution < 1.29 is 23.3 Å². The molecule has 1 unspecified atom stereocenters. The number of nitrogens with zero attached hydrogens (tertiary/aromatic N) is 2. The Morgan fingerprint density at radius 3 is 2.62 bits per heavy atom. The largest absolute Gasteiger partial charge is 0.305 e. The standard InChI is InChI=1S/C12H10F2N2O4S/c1-6(17)21-7-2-12(18)15(5-7)10-3-8(13)9(14)4-11(10)16(19)20/h3-4,7H,2,5H2,1H3. The van der Waals surface area contributed by atoms with E-state index in [0.717, 1.165) is 16.7 Å². The van der Waals surface area contributed by atoms with E-state index in [9.17, 15) is 28.5 Å². The molecule has 0 N–H and O–H groups in total. The molecule has 1 amide bonds. The minimum Gasteiger partial charge on any atom is -0.305 e. The molecule has 6 nitrogen and oxygen atoms in total. The molecule has 0 saturated carbocycles. The summed E-state index contributed by atoms with van der Waals surface area (Å²) in [6, 6.07) is 1.08. The number of hydrogen-bond donors (Lipinski definition) is 0. The van der Waals surface area contributed by atoms with Crippen molar-refractivity contribution in [3.05, 3.63) is 33.9 Å². The van der Waals surface area contributed by atoms with Crippen molar-refractivity contribution in [1.82, 2.24) is 0 Å². The van der Waals surface area contributed by atoms with Gasteiger partial charge in [-0.15, -0.1) is 0 Å². The average Bonchev–Trinajstić information content (AvgIpc) is 2.71. The van der Waals surface area contributed by atoms with Gasteiger partial charge in [0.25, 0.3) is 5.69 Å². The number of rotatable bonds is 3. The fourth-order valence-corrected chi connectivity index (χ4v) is 3.03. The summed E-state index contributed by atoms with van der Waals surface area (Å²) in [6.45, 7) is 1.38. The molecule has 1 fully saturated rings. The molecule has 0 aromatic heterocycles. The third-order valence-electron chi connectivity index (χ3n) is 2.93. The van der Waals surface area contributed by atoms with Crippen LogP contribution in [0.1, 0.15) is 13.3 Å². The fraction of sp³-hybridized carbons (Fsp3) is 0.333. The maximum absolute atomic E-state index is 13.3. The van der Waals surface area contributed by atoms with Crippen molar-refractivity contribution in [3.8, 4) is 0 Å². The van der Waals surface area contributed by atoms with Crippen LogP contribution in [-0.4, -0.2) is 27.7 Å². The van der Waals surface area contributed by atoms with Gasteiger partial charge in [0.1, 0.15) is 5.69 Å². The summed E-state index contributed by atoms with van der Waals surface area (Å²) in [5.41, 5.74) is -0.980. The third-order valence-corrected chi connectivity index (χ3v) is 3.91. The number of anilines is 1. The van der Waals surface area contributed by atoms with Crippen LogP contribution in [0.4, 0.5) is 20.2 Å². The van der Waals surface area contributed by atoms with E-state index >= 15 is 0 Å². The number of carbonyl (C=O) groups is 2. The molecule has 1 atom stereocenters. The zero-order valence-corrected chi connectivity index (χ0v) is 11.7. The first-order valence-corrected chi connectivity index (χ1v) is 6.78. The molecule has 21 heavy (non-hydrogen) atoms. The highest BCUT2D eigenvalue weighted by Gasteiger charge is 2.36. The average molecular weight is 316 g/mol. The van der Waals surface area contributed by atoms with E-state index in [1.165, 1.54) is 6.92 Å². The Balaban J connectivity index is 2.37. The van der Waals surface area contributed by atoms with E-state index in [4.69, 9.17) is 0 Å². The van der Waals surface area contributed by atoms with Crippen LogP contribution in [0, 0.1) is 21.7 Å². The number of nitro groups is 1. The van der Waals surface area contributed by atoms with Gasteiger partial charge in [-0.25, -0.2) is 8.78 Å². The van der Waals surface area contributed by atoms with Gasteiger partial charge in [0.15, 0.2) is 16.7 Å². The number of carbonyl (C=O) groups excluding carboxylic acids is 2. The van der Waals surface area contributed by atoms with Crippen LogP contribution in [0.3, 0.4) is 0 Å². The molecule has 0 spiro atoms. The Kier molecular flexibility index (Phi) is 4.21. The summed E-state index contributed by atoms with van der Waals surface area (Å²) in [4.78, 5) is 34.0. The summed E-state index contributed by atoms with van der Waals surface area (Å²) < 4.78 is 26.4. The second-order valence-corrected chi connectivity index (χ2v) is 5.93. The fourth-order valence-electron chi connectivity index (χ4n) is 2.11.